The van der Waals surface area contributed by atoms with Gasteiger partial charge in [0.2, 0.25) is 0 Å². The molecule has 0 spiro atoms. The predicted octanol–water partition coefficient (Wildman–Crippen LogP) is 4.63. The summed E-state index contributed by atoms with van der Waals surface area (Å²) >= 11 is 0. The van der Waals surface area contributed by atoms with Gasteiger partial charge in [-0.3, -0.25) is 9.78 Å². The van der Waals surface area contributed by atoms with Crippen LogP contribution in [0.25, 0.3) is 10.9 Å². The second-order valence-corrected chi connectivity index (χ2v) is 6.51. The quantitative estimate of drug-likeness (QED) is 0.423. The van der Waals surface area contributed by atoms with Gasteiger partial charge in [-0.1, -0.05) is 43.7 Å². The molecule has 0 aliphatic rings. The molecular weight excluding hydrogens is 354 g/mol. The van der Waals surface area contributed by atoms with Gasteiger partial charge in [0.1, 0.15) is 5.75 Å². The van der Waals surface area contributed by atoms with Crippen molar-refractivity contribution in [1.29, 1.82) is 0 Å². The lowest BCUT2D eigenvalue weighted by molar-refractivity contribution is 0.0476. The van der Waals surface area contributed by atoms with Gasteiger partial charge in [-0.2, -0.15) is 0 Å². The zero-order chi connectivity index (χ0) is 19.9. The molecule has 0 saturated heterocycles. The van der Waals surface area contributed by atoms with Gasteiger partial charge < -0.3 is 9.47 Å². The van der Waals surface area contributed by atoms with E-state index in [1.165, 1.54) is 7.11 Å². The third-order valence-electron chi connectivity index (χ3n) is 4.50. The minimum atomic E-state index is -0.521. The van der Waals surface area contributed by atoms with Crippen molar-refractivity contribution < 1.29 is 19.1 Å². The van der Waals surface area contributed by atoms with Crippen molar-refractivity contribution >= 4 is 22.7 Å². The number of methoxy groups -OCH3 is 1. The van der Waals surface area contributed by atoms with Gasteiger partial charge in [0, 0.05) is 16.6 Å². The van der Waals surface area contributed by atoms with Crippen LogP contribution in [0.5, 0.6) is 5.75 Å². The number of fused-ring (bicyclic) bond motifs is 1. The van der Waals surface area contributed by atoms with E-state index in [2.05, 4.69) is 11.9 Å². The van der Waals surface area contributed by atoms with Gasteiger partial charge in [0.15, 0.2) is 12.4 Å². The van der Waals surface area contributed by atoms with E-state index in [1.54, 1.807) is 30.3 Å². The molecular formula is C23H23NO4. The minimum absolute atomic E-state index is 0.281. The number of ketones is 1. The second-order valence-electron chi connectivity index (χ2n) is 6.51. The number of benzene rings is 2. The molecule has 0 fully saturated rings. The number of aromatic nitrogens is 1. The molecule has 0 saturated carbocycles. The first-order chi connectivity index (χ1) is 13.6. The number of rotatable bonds is 8. The summed E-state index contributed by atoms with van der Waals surface area (Å²) in [4.78, 5) is 29.7. The van der Waals surface area contributed by atoms with E-state index in [9.17, 15) is 9.59 Å². The summed E-state index contributed by atoms with van der Waals surface area (Å²) < 4.78 is 10.5. The number of carbonyl (C=O) groups excluding carboxylic acids is 2. The highest BCUT2D eigenvalue weighted by Gasteiger charge is 2.16. The first-order valence-electron chi connectivity index (χ1n) is 9.35. The molecule has 0 aliphatic carbocycles. The van der Waals surface area contributed by atoms with Gasteiger partial charge in [-0.25, -0.2) is 4.79 Å². The Morgan fingerprint density at radius 3 is 2.64 bits per heavy atom. The Balaban J connectivity index is 1.79. The van der Waals surface area contributed by atoms with E-state index in [4.69, 9.17) is 9.47 Å². The van der Waals surface area contributed by atoms with Crippen LogP contribution in [-0.2, 0) is 11.2 Å². The van der Waals surface area contributed by atoms with E-state index >= 15 is 0 Å². The zero-order valence-electron chi connectivity index (χ0n) is 16.1. The largest absolute Gasteiger partial charge is 0.497 e. The minimum Gasteiger partial charge on any atom is -0.497 e. The molecule has 0 N–H and O–H groups in total. The highest BCUT2D eigenvalue weighted by atomic mass is 16.5. The molecule has 0 amide bonds. The Morgan fingerprint density at radius 1 is 1.04 bits per heavy atom. The van der Waals surface area contributed by atoms with Crippen molar-refractivity contribution in [3.8, 4) is 5.75 Å². The summed E-state index contributed by atoms with van der Waals surface area (Å²) in [6, 6.07) is 16.0. The summed E-state index contributed by atoms with van der Waals surface area (Å²) in [5.41, 5.74) is 2.49. The number of hydrogen-bond donors (Lipinski definition) is 0. The van der Waals surface area contributed by atoms with Crippen molar-refractivity contribution in [2.45, 2.75) is 26.2 Å². The number of esters is 1. The van der Waals surface area contributed by atoms with Crippen molar-refractivity contribution in [2.75, 3.05) is 13.7 Å². The molecule has 0 unspecified atom stereocenters. The van der Waals surface area contributed by atoms with E-state index < -0.39 is 5.97 Å². The van der Waals surface area contributed by atoms with Gasteiger partial charge in [0.05, 0.1) is 18.2 Å². The van der Waals surface area contributed by atoms with Gasteiger partial charge in [-0.15, -0.1) is 0 Å². The fourth-order valence-electron chi connectivity index (χ4n) is 2.97. The van der Waals surface area contributed by atoms with Crippen molar-refractivity contribution in [1.82, 2.24) is 4.98 Å². The Morgan fingerprint density at radius 2 is 1.86 bits per heavy atom. The zero-order valence-corrected chi connectivity index (χ0v) is 16.1. The monoisotopic (exact) mass is 377 g/mol. The van der Waals surface area contributed by atoms with Crippen LogP contribution in [0.2, 0.25) is 0 Å². The van der Waals surface area contributed by atoms with Crippen LogP contribution in [0.15, 0.2) is 54.6 Å². The van der Waals surface area contributed by atoms with Crippen LogP contribution < -0.4 is 4.74 Å². The van der Waals surface area contributed by atoms with E-state index in [-0.39, 0.29) is 12.4 Å². The highest BCUT2D eigenvalue weighted by molar-refractivity contribution is 6.05. The SMILES string of the molecule is CCCCc1cc(C(=O)OCC(=O)c2cccc(OC)c2)c2ccccc2n1. The average Bonchev–Trinajstić information content (AvgIpc) is 2.75. The van der Waals surface area contributed by atoms with Crippen LogP contribution in [0.1, 0.15) is 46.2 Å². The van der Waals surface area contributed by atoms with Crippen LogP contribution in [0, 0.1) is 0 Å². The molecule has 0 atom stereocenters. The molecule has 2 aromatic carbocycles. The van der Waals surface area contributed by atoms with Gasteiger partial charge >= 0.3 is 5.97 Å². The summed E-state index contributed by atoms with van der Waals surface area (Å²) in [6.45, 7) is 1.79. The third-order valence-corrected chi connectivity index (χ3v) is 4.50. The molecule has 144 valence electrons. The Bertz CT molecular complexity index is 997. The molecule has 1 heterocycles. The standard InChI is InChI=1S/C23H23NO4/c1-3-4-9-17-14-20(19-11-5-6-12-21(19)24-17)23(26)28-15-22(25)16-8-7-10-18(13-16)27-2/h5-8,10-14H,3-4,9,15H2,1-2H3. The molecule has 28 heavy (non-hydrogen) atoms. The number of Topliss-reactive ketones (excluding diaryl/α,β-unsaturated/α-hetero) is 1. The molecule has 5 heteroatoms. The number of nitrogens with zero attached hydrogens (tertiary/aromatic N) is 1. The lowest BCUT2D eigenvalue weighted by Gasteiger charge is -2.10. The Kier molecular flexibility index (Phi) is 6.37. The normalized spacial score (nSPS) is 10.6. The maximum Gasteiger partial charge on any atom is 0.339 e. The summed E-state index contributed by atoms with van der Waals surface area (Å²) in [6.07, 6.45) is 2.84. The van der Waals surface area contributed by atoms with E-state index in [1.807, 2.05) is 24.3 Å². The Hall–Kier alpha value is -3.21. The summed E-state index contributed by atoms with van der Waals surface area (Å²) in [5.74, 6) is -0.220. The van der Waals surface area contributed by atoms with E-state index in [0.29, 0.717) is 16.9 Å². The fourth-order valence-corrected chi connectivity index (χ4v) is 2.97. The maximum absolute atomic E-state index is 12.7. The first-order valence-corrected chi connectivity index (χ1v) is 9.35. The number of pyridine rings is 1. The Labute approximate surface area is 164 Å². The number of unbranched alkanes of at least 4 members (excludes halogenated alkanes) is 1. The fraction of sp³-hybridized carbons (Fsp3) is 0.261. The van der Waals surface area contributed by atoms with Gasteiger partial charge in [0.25, 0.3) is 0 Å². The summed E-state index contributed by atoms with van der Waals surface area (Å²) in [5, 5.41) is 0.724. The average molecular weight is 377 g/mol. The molecule has 0 aliphatic heterocycles. The number of para-hydroxylation sites is 1. The first kappa shape index (κ1) is 19.5. The number of hydrogen-bond acceptors (Lipinski definition) is 5. The lowest BCUT2D eigenvalue weighted by atomic mass is 10.1. The van der Waals surface area contributed by atoms with Crippen molar-refractivity contribution in [2.24, 2.45) is 0 Å². The number of ether oxygens (including phenoxy) is 2. The van der Waals surface area contributed by atoms with Crippen LogP contribution in [0.3, 0.4) is 0 Å². The molecule has 1 aromatic heterocycles. The topological polar surface area (TPSA) is 65.5 Å². The predicted molar refractivity (Wildman–Crippen MR) is 108 cm³/mol. The van der Waals surface area contributed by atoms with Crippen molar-refractivity contribution in [3.05, 3.63) is 71.4 Å². The van der Waals surface area contributed by atoms with Crippen LogP contribution >= 0.6 is 0 Å². The number of carbonyl (C=O) groups is 2. The third kappa shape index (κ3) is 4.55. The van der Waals surface area contributed by atoms with Crippen molar-refractivity contribution in [3.63, 3.8) is 0 Å². The highest BCUT2D eigenvalue weighted by Crippen LogP contribution is 2.21. The van der Waals surface area contributed by atoms with E-state index in [0.717, 1.165) is 35.9 Å². The molecule has 0 radical (unpaired) electrons. The molecule has 5 nitrogen and oxygen atoms in total. The second kappa shape index (κ2) is 9.13. The number of aryl methyl sites for hydroxylation is 1. The van der Waals surface area contributed by atoms with Crippen LogP contribution in [0.4, 0.5) is 0 Å². The molecule has 0 bridgehead atoms. The van der Waals surface area contributed by atoms with Gasteiger partial charge in [-0.05, 0) is 37.1 Å². The molecule has 3 rings (SSSR count). The molecule has 3 aromatic rings. The lowest BCUT2D eigenvalue weighted by Crippen LogP contribution is -2.15. The smallest absolute Gasteiger partial charge is 0.339 e. The maximum atomic E-state index is 12.7. The van der Waals surface area contributed by atoms with Crippen LogP contribution in [-0.4, -0.2) is 30.5 Å². The summed E-state index contributed by atoms with van der Waals surface area (Å²) in [7, 11) is 1.54.